The molecule has 3 nitrogen and oxygen atoms in total. The minimum Gasteiger partial charge on any atom is -0.309 e. The SMILES string of the molecule is CCC(C)C(C)n1c(CCl)nc2cc(Cl)cnc21. The number of alkyl halides is 1. The van der Waals surface area contributed by atoms with Crippen LogP contribution >= 0.6 is 23.2 Å². The Bertz CT molecular complexity index is 550. The Hall–Kier alpha value is -0.800. The van der Waals surface area contributed by atoms with E-state index < -0.39 is 0 Å². The van der Waals surface area contributed by atoms with Gasteiger partial charge in [0.15, 0.2) is 5.65 Å². The topological polar surface area (TPSA) is 30.7 Å². The van der Waals surface area contributed by atoms with Crippen molar-refractivity contribution in [3.05, 3.63) is 23.1 Å². The molecule has 0 radical (unpaired) electrons. The summed E-state index contributed by atoms with van der Waals surface area (Å²) in [4.78, 5) is 8.91. The second-order valence-electron chi connectivity index (χ2n) is 4.65. The van der Waals surface area contributed by atoms with Gasteiger partial charge in [-0.3, -0.25) is 0 Å². The summed E-state index contributed by atoms with van der Waals surface area (Å²) >= 11 is 11.9. The fourth-order valence-electron chi connectivity index (χ4n) is 2.12. The molecule has 5 heteroatoms. The van der Waals surface area contributed by atoms with Crippen LogP contribution < -0.4 is 0 Å². The molecular formula is C13H17Cl2N3. The summed E-state index contributed by atoms with van der Waals surface area (Å²) in [5.74, 6) is 1.78. The highest BCUT2D eigenvalue weighted by Crippen LogP contribution is 2.28. The van der Waals surface area contributed by atoms with Crippen molar-refractivity contribution < 1.29 is 0 Å². The molecule has 98 valence electrons. The lowest BCUT2D eigenvalue weighted by Gasteiger charge is -2.22. The van der Waals surface area contributed by atoms with Gasteiger partial charge in [0.1, 0.15) is 11.3 Å². The Morgan fingerprint density at radius 2 is 2.11 bits per heavy atom. The number of hydrogen-bond acceptors (Lipinski definition) is 2. The summed E-state index contributed by atoms with van der Waals surface area (Å²) in [6.45, 7) is 6.59. The zero-order valence-electron chi connectivity index (χ0n) is 10.8. The number of rotatable bonds is 4. The molecule has 0 aliphatic heterocycles. The molecule has 0 aromatic carbocycles. The third-order valence-electron chi connectivity index (χ3n) is 3.56. The van der Waals surface area contributed by atoms with Crippen molar-refractivity contribution in [2.45, 2.75) is 39.1 Å². The van der Waals surface area contributed by atoms with Gasteiger partial charge in [0.25, 0.3) is 0 Å². The lowest BCUT2D eigenvalue weighted by Crippen LogP contribution is -2.16. The van der Waals surface area contributed by atoms with Gasteiger partial charge in [-0.05, 0) is 18.9 Å². The predicted molar refractivity (Wildman–Crippen MR) is 76.3 cm³/mol. The van der Waals surface area contributed by atoms with Crippen molar-refractivity contribution in [2.24, 2.45) is 5.92 Å². The first-order valence-corrected chi connectivity index (χ1v) is 7.08. The lowest BCUT2D eigenvalue weighted by molar-refractivity contribution is 0.370. The maximum atomic E-state index is 5.99. The highest BCUT2D eigenvalue weighted by Gasteiger charge is 2.20. The molecule has 0 saturated heterocycles. The van der Waals surface area contributed by atoms with Gasteiger partial charge in [-0.1, -0.05) is 31.9 Å². The third-order valence-corrected chi connectivity index (χ3v) is 4.01. The van der Waals surface area contributed by atoms with Gasteiger partial charge in [0.05, 0.1) is 10.9 Å². The third kappa shape index (κ3) is 2.34. The summed E-state index contributed by atoms with van der Waals surface area (Å²) in [5.41, 5.74) is 1.68. The fraction of sp³-hybridized carbons (Fsp3) is 0.538. The average molecular weight is 286 g/mol. The molecule has 2 rings (SSSR count). The molecule has 0 aliphatic carbocycles. The van der Waals surface area contributed by atoms with E-state index in [2.05, 4.69) is 35.3 Å². The first-order chi connectivity index (χ1) is 8.58. The molecule has 0 spiro atoms. The van der Waals surface area contributed by atoms with E-state index in [1.165, 1.54) is 0 Å². The van der Waals surface area contributed by atoms with E-state index in [1.54, 1.807) is 6.20 Å². The Kier molecular flexibility index (Phi) is 4.13. The van der Waals surface area contributed by atoms with E-state index in [4.69, 9.17) is 23.2 Å². The Balaban J connectivity index is 2.60. The van der Waals surface area contributed by atoms with E-state index in [0.717, 1.165) is 23.4 Å². The van der Waals surface area contributed by atoms with Gasteiger partial charge in [0, 0.05) is 12.2 Å². The molecule has 18 heavy (non-hydrogen) atoms. The average Bonchev–Trinajstić information content (AvgIpc) is 2.74. The molecule has 2 unspecified atom stereocenters. The van der Waals surface area contributed by atoms with Crippen LogP contribution in [0.25, 0.3) is 11.2 Å². The van der Waals surface area contributed by atoms with Crippen LogP contribution in [0.1, 0.15) is 39.1 Å². The van der Waals surface area contributed by atoms with Gasteiger partial charge >= 0.3 is 0 Å². The molecule has 0 N–H and O–H groups in total. The van der Waals surface area contributed by atoms with Gasteiger partial charge in [-0.25, -0.2) is 9.97 Å². The van der Waals surface area contributed by atoms with E-state index in [1.807, 2.05) is 6.07 Å². The van der Waals surface area contributed by atoms with Crippen LogP contribution in [0, 0.1) is 5.92 Å². The zero-order valence-corrected chi connectivity index (χ0v) is 12.3. The minimum atomic E-state index is 0.322. The maximum Gasteiger partial charge on any atom is 0.160 e. The van der Waals surface area contributed by atoms with Crippen molar-refractivity contribution >= 4 is 34.4 Å². The number of hydrogen-bond donors (Lipinski definition) is 0. The number of halogens is 2. The summed E-state index contributed by atoms with van der Waals surface area (Å²) in [5, 5.41) is 0.601. The van der Waals surface area contributed by atoms with Gasteiger partial charge < -0.3 is 4.57 Å². The highest BCUT2D eigenvalue weighted by atomic mass is 35.5. The van der Waals surface area contributed by atoms with E-state index in [-0.39, 0.29) is 0 Å². The smallest absolute Gasteiger partial charge is 0.160 e. The van der Waals surface area contributed by atoms with Crippen molar-refractivity contribution in [3.8, 4) is 0 Å². The van der Waals surface area contributed by atoms with E-state index in [0.29, 0.717) is 22.9 Å². The molecule has 0 amide bonds. The number of pyridine rings is 1. The molecule has 2 aromatic heterocycles. The van der Waals surface area contributed by atoms with Gasteiger partial charge in [-0.15, -0.1) is 11.6 Å². The van der Waals surface area contributed by atoms with Crippen LogP contribution in [0.5, 0.6) is 0 Å². The first-order valence-electron chi connectivity index (χ1n) is 6.16. The molecule has 0 fully saturated rings. The quantitative estimate of drug-likeness (QED) is 0.778. The molecule has 0 bridgehead atoms. The van der Waals surface area contributed by atoms with Crippen molar-refractivity contribution in [3.63, 3.8) is 0 Å². The van der Waals surface area contributed by atoms with E-state index in [9.17, 15) is 0 Å². The first kappa shape index (κ1) is 13.6. The second kappa shape index (κ2) is 5.45. The lowest BCUT2D eigenvalue weighted by atomic mass is 10.0. The monoisotopic (exact) mass is 285 g/mol. The standard InChI is InChI=1S/C13H17Cl2N3/c1-4-8(2)9(3)18-12(6-14)17-11-5-10(15)7-16-13(11)18/h5,7-9H,4,6H2,1-3H3. The number of aromatic nitrogens is 3. The molecular weight excluding hydrogens is 269 g/mol. The largest absolute Gasteiger partial charge is 0.309 e. The Morgan fingerprint density at radius 1 is 1.39 bits per heavy atom. The molecule has 0 aliphatic rings. The van der Waals surface area contributed by atoms with Crippen molar-refractivity contribution in [1.29, 1.82) is 0 Å². The number of fused-ring (bicyclic) bond motifs is 1. The summed E-state index contributed by atoms with van der Waals surface area (Å²) in [7, 11) is 0. The van der Waals surface area contributed by atoms with Crippen LogP contribution in [0.2, 0.25) is 5.02 Å². The Labute approximate surface area is 117 Å². The normalized spacial score (nSPS) is 14.9. The number of imidazole rings is 1. The van der Waals surface area contributed by atoms with Gasteiger partial charge in [-0.2, -0.15) is 0 Å². The highest BCUT2D eigenvalue weighted by molar-refractivity contribution is 6.31. The summed E-state index contributed by atoms with van der Waals surface area (Å²) in [6, 6.07) is 2.15. The zero-order chi connectivity index (χ0) is 13.3. The van der Waals surface area contributed by atoms with Gasteiger partial charge in [0.2, 0.25) is 0 Å². The Morgan fingerprint density at radius 3 is 2.72 bits per heavy atom. The van der Waals surface area contributed by atoms with Crippen LogP contribution in [0.15, 0.2) is 12.3 Å². The minimum absolute atomic E-state index is 0.322. The second-order valence-corrected chi connectivity index (χ2v) is 5.36. The molecule has 0 saturated carbocycles. The maximum absolute atomic E-state index is 5.99. The van der Waals surface area contributed by atoms with Crippen molar-refractivity contribution in [2.75, 3.05) is 0 Å². The van der Waals surface area contributed by atoms with E-state index >= 15 is 0 Å². The van der Waals surface area contributed by atoms with Crippen LogP contribution in [0.3, 0.4) is 0 Å². The summed E-state index contributed by atoms with van der Waals surface area (Å²) in [6.07, 6.45) is 2.76. The van der Waals surface area contributed by atoms with Crippen LogP contribution in [0.4, 0.5) is 0 Å². The summed E-state index contributed by atoms with van der Waals surface area (Å²) < 4.78 is 2.13. The molecule has 2 aromatic rings. The van der Waals surface area contributed by atoms with Crippen molar-refractivity contribution in [1.82, 2.24) is 14.5 Å². The number of nitrogens with zero attached hydrogens (tertiary/aromatic N) is 3. The molecule has 2 atom stereocenters. The predicted octanol–water partition coefficient (Wildman–Crippen LogP) is 4.43. The fourth-order valence-corrected chi connectivity index (χ4v) is 2.46. The van der Waals surface area contributed by atoms with Crippen LogP contribution in [-0.2, 0) is 5.88 Å². The molecule has 2 heterocycles. The van der Waals surface area contributed by atoms with Crippen LogP contribution in [-0.4, -0.2) is 14.5 Å².